The minimum absolute atomic E-state index is 0.224. The van der Waals surface area contributed by atoms with Crippen molar-refractivity contribution in [2.75, 3.05) is 0 Å². The third kappa shape index (κ3) is 3.93. The normalized spacial score (nSPS) is 10.2. The van der Waals surface area contributed by atoms with Gasteiger partial charge in [0.1, 0.15) is 12.4 Å². The minimum atomic E-state index is -0.968. The number of aromatic carboxylic acids is 1. The van der Waals surface area contributed by atoms with E-state index in [4.69, 9.17) is 9.84 Å². The highest BCUT2D eigenvalue weighted by Crippen LogP contribution is 2.26. The number of carboxylic acids is 1. The molecule has 124 valence electrons. The Kier molecular flexibility index (Phi) is 4.90. The fraction of sp³-hybridized carbons (Fsp3) is 0.0476. The summed E-state index contributed by atoms with van der Waals surface area (Å²) in [5.41, 5.74) is 3.36. The van der Waals surface area contributed by atoms with E-state index in [2.05, 4.69) is 0 Å². The van der Waals surface area contributed by atoms with Gasteiger partial charge in [0.25, 0.3) is 0 Å². The van der Waals surface area contributed by atoms with E-state index in [9.17, 15) is 9.59 Å². The topological polar surface area (TPSA) is 63.6 Å². The summed E-state index contributed by atoms with van der Waals surface area (Å²) >= 11 is 0. The fourth-order valence-electron chi connectivity index (χ4n) is 2.49. The van der Waals surface area contributed by atoms with E-state index >= 15 is 0 Å². The molecule has 0 spiro atoms. The number of carbonyl (C=O) groups is 2. The lowest BCUT2D eigenvalue weighted by atomic mass is 10.0. The maximum Gasteiger partial charge on any atom is 0.335 e. The zero-order valence-electron chi connectivity index (χ0n) is 13.4. The molecular weight excluding hydrogens is 316 g/mol. The predicted molar refractivity (Wildman–Crippen MR) is 95.0 cm³/mol. The fourth-order valence-corrected chi connectivity index (χ4v) is 2.49. The Hall–Kier alpha value is -3.40. The summed E-state index contributed by atoms with van der Waals surface area (Å²) in [5.74, 6) is -0.449. The molecule has 0 saturated carbocycles. The van der Waals surface area contributed by atoms with Crippen LogP contribution in [0.3, 0.4) is 0 Å². The number of rotatable bonds is 6. The first-order valence-corrected chi connectivity index (χ1v) is 7.77. The van der Waals surface area contributed by atoms with Gasteiger partial charge in [0.05, 0.1) is 11.1 Å². The van der Waals surface area contributed by atoms with Crippen molar-refractivity contribution in [2.24, 2.45) is 0 Å². The average molecular weight is 332 g/mol. The van der Waals surface area contributed by atoms with Crippen LogP contribution >= 0.6 is 0 Å². The minimum Gasteiger partial charge on any atom is -0.488 e. The van der Waals surface area contributed by atoms with Crippen LogP contribution in [0.1, 0.15) is 26.3 Å². The Morgan fingerprint density at radius 3 is 2.24 bits per heavy atom. The van der Waals surface area contributed by atoms with E-state index in [0.29, 0.717) is 17.9 Å². The van der Waals surface area contributed by atoms with Gasteiger partial charge in [0.2, 0.25) is 0 Å². The van der Waals surface area contributed by atoms with E-state index in [1.807, 2.05) is 36.4 Å². The molecule has 0 bridgehead atoms. The van der Waals surface area contributed by atoms with Gasteiger partial charge in [0.15, 0.2) is 6.29 Å². The first-order chi connectivity index (χ1) is 12.2. The zero-order chi connectivity index (χ0) is 17.6. The molecule has 0 unspecified atom stereocenters. The molecule has 3 rings (SSSR count). The molecule has 0 aromatic heterocycles. The van der Waals surface area contributed by atoms with Crippen LogP contribution in [0.4, 0.5) is 0 Å². The summed E-state index contributed by atoms with van der Waals surface area (Å²) < 4.78 is 5.75. The van der Waals surface area contributed by atoms with Crippen molar-refractivity contribution in [1.82, 2.24) is 0 Å². The van der Waals surface area contributed by atoms with Crippen LogP contribution in [0.15, 0.2) is 72.8 Å². The number of ether oxygens (including phenoxy) is 1. The number of carbonyl (C=O) groups excluding carboxylic acids is 1. The van der Waals surface area contributed by atoms with Crippen molar-refractivity contribution in [2.45, 2.75) is 6.61 Å². The van der Waals surface area contributed by atoms with Gasteiger partial charge < -0.3 is 9.84 Å². The summed E-state index contributed by atoms with van der Waals surface area (Å²) in [6.07, 6.45) is 0.759. The highest BCUT2D eigenvalue weighted by atomic mass is 16.5. The molecule has 0 saturated heterocycles. The lowest BCUT2D eigenvalue weighted by Gasteiger charge is -2.10. The second kappa shape index (κ2) is 7.45. The summed E-state index contributed by atoms with van der Waals surface area (Å²) in [6.45, 7) is 0.383. The van der Waals surface area contributed by atoms with Crippen LogP contribution < -0.4 is 4.74 Å². The second-order valence-electron chi connectivity index (χ2n) is 5.53. The largest absolute Gasteiger partial charge is 0.488 e. The Balaban J connectivity index is 1.81. The highest BCUT2D eigenvalue weighted by molar-refractivity contribution is 5.88. The molecule has 0 aliphatic carbocycles. The number of hydrogen-bond acceptors (Lipinski definition) is 3. The molecule has 0 heterocycles. The average Bonchev–Trinajstić information content (AvgIpc) is 2.67. The standard InChI is InChI=1S/C21H16O4/c22-13-19-12-18(16-6-8-17(9-7-16)21(23)24)10-11-20(19)25-14-15-4-2-1-3-5-15/h1-13H,14H2,(H,23,24). The van der Waals surface area contributed by atoms with Crippen molar-refractivity contribution >= 4 is 12.3 Å². The van der Waals surface area contributed by atoms with Gasteiger partial charge in [-0.3, -0.25) is 4.79 Å². The van der Waals surface area contributed by atoms with E-state index in [1.54, 1.807) is 24.3 Å². The van der Waals surface area contributed by atoms with Gasteiger partial charge in [-0.1, -0.05) is 48.5 Å². The van der Waals surface area contributed by atoms with Crippen LogP contribution in [-0.4, -0.2) is 17.4 Å². The van der Waals surface area contributed by atoms with Gasteiger partial charge in [-0.2, -0.15) is 0 Å². The maximum absolute atomic E-state index is 11.4. The second-order valence-corrected chi connectivity index (χ2v) is 5.53. The molecule has 0 aliphatic heterocycles. The van der Waals surface area contributed by atoms with Crippen LogP contribution in [-0.2, 0) is 6.61 Å². The number of hydrogen-bond donors (Lipinski definition) is 1. The SMILES string of the molecule is O=Cc1cc(-c2ccc(C(=O)O)cc2)ccc1OCc1ccccc1. The summed E-state index contributed by atoms with van der Waals surface area (Å²) in [5, 5.41) is 8.96. The molecule has 3 aromatic rings. The van der Waals surface area contributed by atoms with Gasteiger partial charge in [-0.15, -0.1) is 0 Å². The Morgan fingerprint density at radius 1 is 0.920 bits per heavy atom. The molecule has 0 aliphatic rings. The molecule has 0 amide bonds. The van der Waals surface area contributed by atoms with Crippen LogP contribution in [0.25, 0.3) is 11.1 Å². The Morgan fingerprint density at radius 2 is 1.60 bits per heavy atom. The summed E-state index contributed by atoms with van der Waals surface area (Å²) in [6, 6.07) is 21.6. The van der Waals surface area contributed by atoms with Gasteiger partial charge >= 0.3 is 5.97 Å². The van der Waals surface area contributed by atoms with E-state index in [1.165, 1.54) is 12.1 Å². The third-order valence-electron chi connectivity index (χ3n) is 3.84. The zero-order valence-corrected chi connectivity index (χ0v) is 13.4. The van der Waals surface area contributed by atoms with E-state index < -0.39 is 5.97 Å². The van der Waals surface area contributed by atoms with Gasteiger partial charge in [-0.05, 0) is 41.0 Å². The van der Waals surface area contributed by atoms with Gasteiger partial charge in [0, 0.05) is 0 Å². The van der Waals surface area contributed by atoms with E-state index in [-0.39, 0.29) is 5.56 Å². The number of carboxylic acid groups (broad SMARTS) is 1. The van der Waals surface area contributed by atoms with Crippen molar-refractivity contribution in [3.8, 4) is 16.9 Å². The molecule has 4 heteroatoms. The Labute approximate surface area is 145 Å². The van der Waals surface area contributed by atoms with Crippen LogP contribution in [0, 0.1) is 0 Å². The number of benzene rings is 3. The molecule has 1 N–H and O–H groups in total. The molecule has 0 radical (unpaired) electrons. The number of aldehydes is 1. The first-order valence-electron chi connectivity index (χ1n) is 7.77. The monoisotopic (exact) mass is 332 g/mol. The van der Waals surface area contributed by atoms with Crippen LogP contribution in [0.5, 0.6) is 5.75 Å². The van der Waals surface area contributed by atoms with Crippen molar-refractivity contribution in [3.63, 3.8) is 0 Å². The van der Waals surface area contributed by atoms with Gasteiger partial charge in [-0.25, -0.2) is 4.79 Å². The molecule has 0 fully saturated rings. The lowest BCUT2D eigenvalue weighted by Crippen LogP contribution is -1.98. The van der Waals surface area contributed by atoms with Crippen molar-refractivity contribution < 1.29 is 19.4 Å². The van der Waals surface area contributed by atoms with Crippen molar-refractivity contribution in [3.05, 3.63) is 89.5 Å². The predicted octanol–water partition coefficient (Wildman–Crippen LogP) is 4.44. The molecule has 4 nitrogen and oxygen atoms in total. The summed E-state index contributed by atoms with van der Waals surface area (Å²) in [4.78, 5) is 22.3. The molecular formula is C21H16O4. The van der Waals surface area contributed by atoms with Crippen molar-refractivity contribution in [1.29, 1.82) is 0 Å². The molecule has 0 atom stereocenters. The smallest absolute Gasteiger partial charge is 0.335 e. The van der Waals surface area contributed by atoms with E-state index in [0.717, 1.165) is 23.0 Å². The van der Waals surface area contributed by atoms with Crippen LogP contribution in [0.2, 0.25) is 0 Å². The summed E-state index contributed by atoms with van der Waals surface area (Å²) in [7, 11) is 0. The third-order valence-corrected chi connectivity index (χ3v) is 3.84. The Bertz CT molecular complexity index is 884. The molecule has 3 aromatic carbocycles. The highest BCUT2D eigenvalue weighted by Gasteiger charge is 2.08. The molecule has 25 heavy (non-hydrogen) atoms. The lowest BCUT2D eigenvalue weighted by molar-refractivity contribution is 0.0696. The maximum atomic E-state index is 11.4. The first kappa shape index (κ1) is 16.5. The quantitative estimate of drug-likeness (QED) is 0.678.